The van der Waals surface area contributed by atoms with Gasteiger partial charge in [-0.2, -0.15) is 0 Å². The van der Waals surface area contributed by atoms with Crippen LogP contribution in [0.25, 0.3) is 0 Å². The first kappa shape index (κ1) is 15.8. The van der Waals surface area contributed by atoms with Crippen LogP contribution >= 0.6 is 0 Å². The standard InChI is InChI=1S/C16H20N4O2/c1-10(2)9-17-14-8-15(19-11(3)18-14)20-13-7-5-4-6-12(13)16(21)22/h4-8,10H,9H2,1-3H3,(H,21,22)(H2,17,18,19,20). The molecular weight excluding hydrogens is 280 g/mol. The number of anilines is 3. The number of hydrogen-bond donors (Lipinski definition) is 3. The van der Waals surface area contributed by atoms with E-state index in [0.29, 0.717) is 23.2 Å². The van der Waals surface area contributed by atoms with Gasteiger partial charge in [0.05, 0.1) is 11.3 Å². The number of aromatic carboxylic acids is 1. The number of aromatic nitrogens is 2. The van der Waals surface area contributed by atoms with Gasteiger partial charge < -0.3 is 15.7 Å². The van der Waals surface area contributed by atoms with Crippen molar-refractivity contribution in [3.63, 3.8) is 0 Å². The summed E-state index contributed by atoms with van der Waals surface area (Å²) in [6.07, 6.45) is 0. The average Bonchev–Trinajstić information content (AvgIpc) is 2.45. The van der Waals surface area contributed by atoms with Gasteiger partial charge in [-0.05, 0) is 25.0 Å². The lowest BCUT2D eigenvalue weighted by atomic mass is 10.2. The zero-order chi connectivity index (χ0) is 16.1. The minimum absolute atomic E-state index is 0.204. The second kappa shape index (κ2) is 6.89. The number of para-hydroxylation sites is 1. The van der Waals surface area contributed by atoms with Crippen LogP contribution < -0.4 is 10.6 Å². The van der Waals surface area contributed by atoms with Crippen LogP contribution in [0.4, 0.5) is 17.3 Å². The molecule has 6 nitrogen and oxygen atoms in total. The van der Waals surface area contributed by atoms with Gasteiger partial charge in [-0.15, -0.1) is 0 Å². The summed E-state index contributed by atoms with van der Waals surface area (Å²) in [5.74, 6) is 1.42. The minimum atomic E-state index is -0.980. The van der Waals surface area contributed by atoms with E-state index < -0.39 is 5.97 Å². The maximum absolute atomic E-state index is 11.2. The molecule has 1 aromatic carbocycles. The molecular formula is C16H20N4O2. The van der Waals surface area contributed by atoms with E-state index in [1.165, 1.54) is 0 Å². The van der Waals surface area contributed by atoms with Crippen molar-refractivity contribution in [3.05, 3.63) is 41.7 Å². The molecule has 0 amide bonds. The second-order valence-electron chi connectivity index (χ2n) is 5.44. The zero-order valence-electron chi connectivity index (χ0n) is 12.9. The summed E-state index contributed by atoms with van der Waals surface area (Å²) in [7, 11) is 0. The lowest BCUT2D eigenvalue weighted by Gasteiger charge is -2.12. The molecule has 2 rings (SSSR count). The van der Waals surface area contributed by atoms with Crippen LogP contribution in [0, 0.1) is 12.8 Å². The number of aryl methyl sites for hydroxylation is 1. The SMILES string of the molecule is Cc1nc(NCC(C)C)cc(Nc2ccccc2C(=O)O)n1. The summed E-state index contributed by atoms with van der Waals surface area (Å²) in [5.41, 5.74) is 0.707. The predicted molar refractivity (Wildman–Crippen MR) is 86.8 cm³/mol. The Balaban J connectivity index is 2.24. The maximum Gasteiger partial charge on any atom is 0.337 e. The first-order valence-electron chi connectivity index (χ1n) is 7.14. The first-order chi connectivity index (χ1) is 10.5. The predicted octanol–water partition coefficient (Wildman–Crippen LogP) is 3.29. The van der Waals surface area contributed by atoms with Crippen LogP contribution in [0.3, 0.4) is 0 Å². The van der Waals surface area contributed by atoms with E-state index in [1.807, 2.05) is 0 Å². The van der Waals surface area contributed by atoms with E-state index >= 15 is 0 Å². The van der Waals surface area contributed by atoms with Crippen molar-refractivity contribution in [2.75, 3.05) is 17.2 Å². The van der Waals surface area contributed by atoms with Gasteiger partial charge in [-0.3, -0.25) is 0 Å². The van der Waals surface area contributed by atoms with Crippen molar-refractivity contribution >= 4 is 23.3 Å². The average molecular weight is 300 g/mol. The molecule has 0 saturated carbocycles. The molecule has 2 aromatic rings. The highest BCUT2D eigenvalue weighted by Crippen LogP contribution is 2.21. The van der Waals surface area contributed by atoms with Crippen molar-refractivity contribution in [3.8, 4) is 0 Å². The molecule has 0 saturated heterocycles. The van der Waals surface area contributed by atoms with Crippen LogP contribution in [-0.2, 0) is 0 Å². The summed E-state index contributed by atoms with van der Waals surface area (Å²) in [4.78, 5) is 19.9. The normalized spacial score (nSPS) is 10.5. The van der Waals surface area contributed by atoms with E-state index in [1.54, 1.807) is 37.3 Å². The highest BCUT2D eigenvalue weighted by atomic mass is 16.4. The van der Waals surface area contributed by atoms with Gasteiger partial charge in [-0.25, -0.2) is 14.8 Å². The second-order valence-corrected chi connectivity index (χ2v) is 5.44. The van der Waals surface area contributed by atoms with Crippen LogP contribution in [0.5, 0.6) is 0 Å². The molecule has 0 aliphatic carbocycles. The number of nitrogens with one attached hydrogen (secondary N) is 2. The van der Waals surface area contributed by atoms with Crippen LogP contribution in [0.2, 0.25) is 0 Å². The molecule has 0 fully saturated rings. The monoisotopic (exact) mass is 300 g/mol. The summed E-state index contributed by atoms with van der Waals surface area (Å²) in [5, 5.41) is 15.5. The smallest absolute Gasteiger partial charge is 0.337 e. The molecule has 0 spiro atoms. The molecule has 0 aliphatic rings. The largest absolute Gasteiger partial charge is 0.478 e. The molecule has 6 heteroatoms. The Bertz CT molecular complexity index is 671. The molecule has 116 valence electrons. The Hall–Kier alpha value is -2.63. The van der Waals surface area contributed by atoms with Gasteiger partial charge in [0.25, 0.3) is 0 Å². The topological polar surface area (TPSA) is 87.1 Å². The Kier molecular flexibility index (Phi) is 4.93. The Morgan fingerprint density at radius 2 is 1.91 bits per heavy atom. The number of hydrogen-bond acceptors (Lipinski definition) is 5. The fraction of sp³-hybridized carbons (Fsp3) is 0.312. The van der Waals surface area contributed by atoms with Gasteiger partial charge in [-0.1, -0.05) is 26.0 Å². The van der Waals surface area contributed by atoms with Crippen molar-refractivity contribution in [1.29, 1.82) is 0 Å². The third-order valence-corrected chi connectivity index (χ3v) is 2.95. The van der Waals surface area contributed by atoms with Crippen molar-refractivity contribution in [2.45, 2.75) is 20.8 Å². The Morgan fingerprint density at radius 1 is 1.23 bits per heavy atom. The number of carboxylic acids is 1. The maximum atomic E-state index is 11.2. The van der Waals surface area contributed by atoms with Gasteiger partial charge in [0.2, 0.25) is 0 Å². The van der Waals surface area contributed by atoms with Gasteiger partial charge in [0.15, 0.2) is 0 Å². The van der Waals surface area contributed by atoms with Gasteiger partial charge in [0.1, 0.15) is 17.5 Å². The van der Waals surface area contributed by atoms with Gasteiger partial charge in [0, 0.05) is 12.6 Å². The van der Waals surface area contributed by atoms with E-state index in [0.717, 1.165) is 12.4 Å². The summed E-state index contributed by atoms with van der Waals surface area (Å²) < 4.78 is 0. The molecule has 0 unspecified atom stereocenters. The molecule has 1 aromatic heterocycles. The molecule has 0 aliphatic heterocycles. The number of nitrogens with zero attached hydrogens (tertiary/aromatic N) is 2. The highest BCUT2D eigenvalue weighted by Gasteiger charge is 2.10. The van der Waals surface area contributed by atoms with E-state index in [2.05, 4.69) is 34.4 Å². The van der Waals surface area contributed by atoms with Gasteiger partial charge >= 0.3 is 5.97 Å². The van der Waals surface area contributed by atoms with Crippen molar-refractivity contribution in [2.24, 2.45) is 5.92 Å². The number of carbonyl (C=O) groups is 1. The summed E-state index contributed by atoms with van der Waals surface area (Å²) in [6.45, 7) is 6.84. The van der Waals surface area contributed by atoms with E-state index in [4.69, 9.17) is 0 Å². The molecule has 1 heterocycles. The molecule has 0 bridgehead atoms. The summed E-state index contributed by atoms with van der Waals surface area (Å²) >= 11 is 0. The zero-order valence-corrected chi connectivity index (χ0v) is 12.9. The molecule has 3 N–H and O–H groups in total. The van der Waals surface area contributed by atoms with Crippen molar-refractivity contribution < 1.29 is 9.90 Å². The Morgan fingerprint density at radius 3 is 2.59 bits per heavy atom. The number of benzene rings is 1. The first-order valence-corrected chi connectivity index (χ1v) is 7.14. The summed E-state index contributed by atoms with van der Waals surface area (Å²) in [6, 6.07) is 8.50. The van der Waals surface area contributed by atoms with E-state index in [-0.39, 0.29) is 5.56 Å². The van der Waals surface area contributed by atoms with Crippen LogP contribution in [0.15, 0.2) is 30.3 Å². The fourth-order valence-electron chi connectivity index (χ4n) is 1.95. The molecule has 0 atom stereocenters. The quantitative estimate of drug-likeness (QED) is 0.758. The van der Waals surface area contributed by atoms with Crippen LogP contribution in [-0.4, -0.2) is 27.6 Å². The highest BCUT2D eigenvalue weighted by molar-refractivity contribution is 5.95. The molecule has 22 heavy (non-hydrogen) atoms. The lowest BCUT2D eigenvalue weighted by Crippen LogP contribution is -2.11. The minimum Gasteiger partial charge on any atom is -0.478 e. The number of carboxylic acid groups (broad SMARTS) is 1. The third-order valence-electron chi connectivity index (χ3n) is 2.95. The molecule has 0 radical (unpaired) electrons. The Labute approximate surface area is 129 Å². The van der Waals surface area contributed by atoms with Crippen LogP contribution in [0.1, 0.15) is 30.0 Å². The third kappa shape index (κ3) is 4.18. The fourth-order valence-corrected chi connectivity index (χ4v) is 1.95. The number of rotatable bonds is 6. The van der Waals surface area contributed by atoms with E-state index in [9.17, 15) is 9.90 Å². The van der Waals surface area contributed by atoms with Crippen molar-refractivity contribution in [1.82, 2.24) is 9.97 Å². The lowest BCUT2D eigenvalue weighted by molar-refractivity contribution is 0.0698.